The van der Waals surface area contributed by atoms with Crippen molar-refractivity contribution in [2.24, 2.45) is 0 Å². The molecule has 1 N–H and O–H groups in total. The highest BCUT2D eigenvalue weighted by atomic mass is 79.9. The standard InChI is InChI=1S/C21H17BrN2O2S/c22-15-7-5-13(6-8-15)19(25)18-16-3-1-2-4-17(16)27-21(18)24-20(26)14-9-11-23-12-10-14/h5-12H,1-4H2,(H,24,26). The van der Waals surface area contributed by atoms with Crippen LogP contribution in [0.5, 0.6) is 0 Å². The van der Waals surface area contributed by atoms with Crippen molar-refractivity contribution in [1.29, 1.82) is 0 Å². The van der Waals surface area contributed by atoms with Crippen molar-refractivity contribution >= 4 is 44.0 Å². The first kappa shape index (κ1) is 18.1. The lowest BCUT2D eigenvalue weighted by Gasteiger charge is -2.13. The lowest BCUT2D eigenvalue weighted by atomic mass is 9.92. The van der Waals surface area contributed by atoms with Gasteiger partial charge >= 0.3 is 0 Å². The van der Waals surface area contributed by atoms with Crippen molar-refractivity contribution in [2.45, 2.75) is 25.7 Å². The first-order valence-corrected chi connectivity index (χ1v) is 10.4. The molecule has 4 rings (SSSR count). The molecule has 0 saturated heterocycles. The summed E-state index contributed by atoms with van der Waals surface area (Å²) in [7, 11) is 0. The fraction of sp³-hybridized carbons (Fsp3) is 0.190. The van der Waals surface area contributed by atoms with Gasteiger partial charge in [0.1, 0.15) is 5.00 Å². The van der Waals surface area contributed by atoms with E-state index < -0.39 is 0 Å². The molecule has 3 aromatic rings. The van der Waals surface area contributed by atoms with Crippen molar-refractivity contribution in [3.63, 3.8) is 0 Å². The number of benzene rings is 1. The average Bonchev–Trinajstić information content (AvgIpc) is 3.06. The number of thiophene rings is 1. The maximum absolute atomic E-state index is 13.3. The summed E-state index contributed by atoms with van der Waals surface area (Å²) >= 11 is 4.94. The van der Waals surface area contributed by atoms with Crippen LogP contribution in [0.2, 0.25) is 0 Å². The van der Waals surface area contributed by atoms with Crippen LogP contribution in [-0.4, -0.2) is 16.7 Å². The van der Waals surface area contributed by atoms with Crippen molar-refractivity contribution in [3.05, 3.63) is 80.4 Å². The highest BCUT2D eigenvalue weighted by Crippen LogP contribution is 2.39. The van der Waals surface area contributed by atoms with Gasteiger partial charge in [-0.2, -0.15) is 0 Å². The first-order valence-electron chi connectivity index (χ1n) is 8.79. The molecule has 1 amide bonds. The molecule has 6 heteroatoms. The van der Waals surface area contributed by atoms with Crippen LogP contribution >= 0.6 is 27.3 Å². The van der Waals surface area contributed by atoms with E-state index in [1.165, 1.54) is 16.2 Å². The van der Waals surface area contributed by atoms with Gasteiger partial charge in [0, 0.05) is 32.9 Å². The third kappa shape index (κ3) is 3.73. The fourth-order valence-corrected chi connectivity index (χ4v) is 4.86. The van der Waals surface area contributed by atoms with E-state index in [-0.39, 0.29) is 11.7 Å². The van der Waals surface area contributed by atoms with Crippen molar-refractivity contribution < 1.29 is 9.59 Å². The van der Waals surface area contributed by atoms with Gasteiger partial charge in [-0.15, -0.1) is 11.3 Å². The van der Waals surface area contributed by atoms with E-state index in [4.69, 9.17) is 0 Å². The van der Waals surface area contributed by atoms with Crippen molar-refractivity contribution in [3.8, 4) is 0 Å². The van der Waals surface area contributed by atoms with Crippen LogP contribution in [0.15, 0.2) is 53.3 Å². The van der Waals surface area contributed by atoms with Gasteiger partial charge in [-0.1, -0.05) is 15.9 Å². The number of carbonyl (C=O) groups excluding carboxylic acids is 2. The van der Waals surface area contributed by atoms with Crippen LogP contribution in [0.4, 0.5) is 5.00 Å². The Balaban J connectivity index is 1.73. The van der Waals surface area contributed by atoms with E-state index in [1.807, 2.05) is 24.3 Å². The molecule has 0 bridgehead atoms. The van der Waals surface area contributed by atoms with Gasteiger partial charge < -0.3 is 5.32 Å². The predicted octanol–water partition coefficient (Wildman–Crippen LogP) is 5.27. The summed E-state index contributed by atoms with van der Waals surface area (Å²) in [6.45, 7) is 0. The van der Waals surface area contributed by atoms with Gasteiger partial charge in [-0.05, 0) is 67.6 Å². The van der Waals surface area contributed by atoms with Crippen LogP contribution in [0.1, 0.15) is 49.6 Å². The molecule has 0 saturated carbocycles. The fourth-order valence-electron chi connectivity index (χ4n) is 3.32. The summed E-state index contributed by atoms with van der Waals surface area (Å²) in [5.74, 6) is -0.257. The van der Waals surface area contributed by atoms with Gasteiger partial charge in [0.05, 0.1) is 5.56 Å². The van der Waals surface area contributed by atoms with Crippen LogP contribution in [-0.2, 0) is 12.8 Å². The maximum Gasteiger partial charge on any atom is 0.256 e. The quantitative estimate of drug-likeness (QED) is 0.562. The van der Waals surface area contributed by atoms with E-state index in [9.17, 15) is 9.59 Å². The molecule has 1 aromatic carbocycles. The van der Waals surface area contributed by atoms with Crippen LogP contribution in [0.25, 0.3) is 0 Å². The Labute approximate surface area is 169 Å². The smallest absolute Gasteiger partial charge is 0.256 e. The summed E-state index contributed by atoms with van der Waals surface area (Å²) in [6.07, 6.45) is 7.21. The summed E-state index contributed by atoms with van der Waals surface area (Å²) in [5.41, 5.74) is 2.91. The van der Waals surface area contributed by atoms with Gasteiger partial charge in [0.2, 0.25) is 0 Å². The molecule has 0 fully saturated rings. The molecule has 0 radical (unpaired) electrons. The normalized spacial score (nSPS) is 13.1. The Hall–Kier alpha value is -2.31. The number of aryl methyl sites for hydroxylation is 1. The Kier molecular flexibility index (Phi) is 5.18. The summed E-state index contributed by atoms with van der Waals surface area (Å²) in [5, 5.41) is 3.62. The van der Waals surface area contributed by atoms with Gasteiger partial charge in [-0.25, -0.2) is 0 Å². The number of aromatic nitrogens is 1. The second-order valence-corrected chi connectivity index (χ2v) is 8.46. The number of ketones is 1. The van der Waals surface area contributed by atoms with Crippen molar-refractivity contribution in [2.75, 3.05) is 5.32 Å². The van der Waals surface area contributed by atoms with E-state index in [0.717, 1.165) is 35.7 Å². The third-order valence-electron chi connectivity index (χ3n) is 4.67. The Morgan fingerprint density at radius 2 is 1.67 bits per heavy atom. The van der Waals surface area contributed by atoms with E-state index in [0.29, 0.717) is 21.7 Å². The molecule has 136 valence electrons. The van der Waals surface area contributed by atoms with Gasteiger partial charge in [0.25, 0.3) is 5.91 Å². The molecule has 0 spiro atoms. The predicted molar refractivity (Wildman–Crippen MR) is 111 cm³/mol. The molecule has 0 atom stereocenters. The molecule has 2 aromatic heterocycles. The summed E-state index contributed by atoms with van der Waals surface area (Å²) in [4.78, 5) is 31.1. The molecule has 1 aliphatic carbocycles. The highest BCUT2D eigenvalue weighted by Gasteiger charge is 2.27. The van der Waals surface area contributed by atoms with Gasteiger partial charge in [0.15, 0.2) is 5.78 Å². The summed E-state index contributed by atoms with van der Waals surface area (Å²) in [6, 6.07) is 10.7. The number of nitrogens with one attached hydrogen (secondary N) is 1. The highest BCUT2D eigenvalue weighted by molar-refractivity contribution is 9.10. The molecule has 0 unspecified atom stereocenters. The zero-order valence-electron chi connectivity index (χ0n) is 14.5. The van der Waals surface area contributed by atoms with Crippen molar-refractivity contribution in [1.82, 2.24) is 4.98 Å². The van der Waals surface area contributed by atoms with E-state index in [2.05, 4.69) is 26.2 Å². The van der Waals surface area contributed by atoms with Crippen LogP contribution in [0, 0.1) is 0 Å². The summed E-state index contributed by atoms with van der Waals surface area (Å²) < 4.78 is 0.928. The number of hydrogen-bond donors (Lipinski definition) is 1. The van der Waals surface area contributed by atoms with Crippen LogP contribution in [0.3, 0.4) is 0 Å². The molecule has 0 aliphatic heterocycles. The minimum absolute atomic E-state index is 0.0353. The number of anilines is 1. The maximum atomic E-state index is 13.3. The zero-order chi connectivity index (χ0) is 18.8. The second kappa shape index (κ2) is 7.74. The number of nitrogens with zero attached hydrogens (tertiary/aromatic N) is 1. The SMILES string of the molecule is O=C(Nc1sc2c(c1C(=O)c1ccc(Br)cc1)CCCC2)c1ccncc1. The zero-order valence-corrected chi connectivity index (χ0v) is 16.9. The number of carbonyl (C=O) groups is 2. The largest absolute Gasteiger partial charge is 0.313 e. The van der Waals surface area contributed by atoms with Gasteiger partial charge in [-0.3, -0.25) is 14.6 Å². The molecule has 2 heterocycles. The Bertz CT molecular complexity index is 997. The lowest BCUT2D eigenvalue weighted by molar-refractivity contribution is 0.102. The number of fused-ring (bicyclic) bond motifs is 1. The minimum atomic E-state index is -0.221. The Morgan fingerprint density at radius 3 is 2.41 bits per heavy atom. The number of hydrogen-bond acceptors (Lipinski definition) is 4. The van der Waals surface area contributed by atoms with E-state index >= 15 is 0 Å². The molecule has 27 heavy (non-hydrogen) atoms. The topological polar surface area (TPSA) is 59.1 Å². The molecule has 1 aliphatic rings. The van der Waals surface area contributed by atoms with Crippen LogP contribution < -0.4 is 5.32 Å². The molecular formula is C21H17BrN2O2S. The molecule has 4 nitrogen and oxygen atoms in total. The lowest BCUT2D eigenvalue weighted by Crippen LogP contribution is -2.15. The number of halogens is 1. The second-order valence-electron chi connectivity index (χ2n) is 6.44. The Morgan fingerprint density at radius 1 is 0.963 bits per heavy atom. The average molecular weight is 441 g/mol. The minimum Gasteiger partial charge on any atom is -0.313 e. The number of amides is 1. The monoisotopic (exact) mass is 440 g/mol. The van der Waals surface area contributed by atoms with E-state index in [1.54, 1.807) is 24.5 Å². The number of rotatable bonds is 4. The number of pyridine rings is 1. The molecular weight excluding hydrogens is 424 g/mol. The third-order valence-corrected chi connectivity index (χ3v) is 6.41. The first-order chi connectivity index (χ1) is 13.1.